The Kier molecular flexibility index (Phi) is 4.37. The maximum absolute atomic E-state index is 13.0. The van der Waals surface area contributed by atoms with Crippen LogP contribution in [0.15, 0.2) is 53.1 Å². The Hall–Kier alpha value is -2.99. The summed E-state index contributed by atoms with van der Waals surface area (Å²) in [5, 5.41) is 16.4. The first kappa shape index (κ1) is 16.9. The fourth-order valence-electron chi connectivity index (χ4n) is 2.39. The number of hydrogen-bond acceptors (Lipinski definition) is 4. The van der Waals surface area contributed by atoms with E-state index in [-0.39, 0.29) is 22.1 Å². The summed E-state index contributed by atoms with van der Waals surface area (Å²) in [4.78, 5) is 23.7. The Morgan fingerprint density at radius 2 is 1.92 bits per heavy atom. The van der Waals surface area contributed by atoms with Gasteiger partial charge >= 0.3 is 0 Å². The van der Waals surface area contributed by atoms with Crippen LogP contribution in [0.4, 0.5) is 10.1 Å². The van der Waals surface area contributed by atoms with E-state index in [1.165, 1.54) is 30.3 Å². The Balaban J connectivity index is 1.96. The summed E-state index contributed by atoms with van der Waals surface area (Å²) in [6, 6.07) is 9.76. The Morgan fingerprint density at radius 3 is 2.56 bits per heavy atom. The number of anilines is 1. The molecule has 0 fully saturated rings. The summed E-state index contributed by atoms with van der Waals surface area (Å²) in [5.41, 5.74) is 1.47. The molecule has 0 saturated heterocycles. The molecule has 0 aromatic heterocycles. The minimum atomic E-state index is -1.44. The highest BCUT2D eigenvalue weighted by Crippen LogP contribution is 2.28. The smallest absolute Gasteiger partial charge is 0.280 e. The van der Waals surface area contributed by atoms with E-state index in [9.17, 15) is 19.1 Å². The van der Waals surface area contributed by atoms with Crippen LogP contribution >= 0.6 is 11.6 Å². The van der Waals surface area contributed by atoms with Crippen molar-refractivity contribution in [3.8, 4) is 0 Å². The van der Waals surface area contributed by atoms with Gasteiger partial charge in [0.05, 0.1) is 22.9 Å². The molecule has 0 unspecified atom stereocenters. The second kappa shape index (κ2) is 6.49. The largest absolute Gasteiger partial charge is 0.545 e. The van der Waals surface area contributed by atoms with Crippen LogP contribution in [0.25, 0.3) is 6.08 Å². The van der Waals surface area contributed by atoms with Crippen molar-refractivity contribution >= 4 is 41.0 Å². The molecular weight excluding hydrogens is 347 g/mol. The van der Waals surface area contributed by atoms with E-state index in [4.69, 9.17) is 11.6 Å². The molecule has 1 heterocycles. The molecule has 0 N–H and O–H groups in total. The lowest BCUT2D eigenvalue weighted by Crippen LogP contribution is -2.25. The molecule has 3 rings (SSSR count). The summed E-state index contributed by atoms with van der Waals surface area (Å²) in [5.74, 6) is -2.24. The number of hydrazone groups is 1. The zero-order chi connectivity index (χ0) is 18.1. The van der Waals surface area contributed by atoms with Crippen LogP contribution in [0.1, 0.15) is 22.8 Å². The molecule has 0 spiro atoms. The van der Waals surface area contributed by atoms with Gasteiger partial charge in [0.1, 0.15) is 5.82 Å². The van der Waals surface area contributed by atoms with Crippen LogP contribution in [0.2, 0.25) is 5.02 Å². The number of carbonyl (C=O) groups is 2. The average molecular weight is 358 g/mol. The first-order valence-electron chi connectivity index (χ1n) is 7.25. The number of rotatable bonds is 3. The lowest BCUT2D eigenvalue weighted by Gasteiger charge is -2.14. The Bertz CT molecular complexity index is 936. The first-order chi connectivity index (χ1) is 11.9. The van der Waals surface area contributed by atoms with E-state index in [0.717, 1.165) is 5.01 Å². The average Bonchev–Trinajstić information content (AvgIpc) is 2.85. The molecule has 2 aromatic carbocycles. The molecule has 25 heavy (non-hydrogen) atoms. The molecule has 1 amide bonds. The quantitative estimate of drug-likeness (QED) is 0.793. The third-order valence-corrected chi connectivity index (χ3v) is 3.99. The number of carbonyl (C=O) groups excluding carboxylic acids is 2. The lowest BCUT2D eigenvalue weighted by molar-refractivity contribution is -0.255. The van der Waals surface area contributed by atoms with Gasteiger partial charge in [0, 0.05) is 10.6 Å². The predicted molar refractivity (Wildman–Crippen MR) is 90.8 cm³/mol. The number of benzene rings is 2. The Labute approximate surface area is 147 Å². The van der Waals surface area contributed by atoms with Crippen molar-refractivity contribution in [3.05, 3.63) is 70.0 Å². The molecule has 0 bridgehead atoms. The molecule has 1 aliphatic rings. The van der Waals surface area contributed by atoms with Gasteiger partial charge in [-0.25, -0.2) is 4.39 Å². The molecule has 5 nitrogen and oxygen atoms in total. The number of carboxylic acid groups (broad SMARTS) is 1. The standard InChI is InChI=1S/C18H12ClFN2O3/c1-10-14(8-11-2-4-12(20)5-3-11)17(23)22(21-10)13-6-7-16(19)15(9-13)18(24)25/h2-9H,1H3,(H,24,25)/p-1. The molecule has 7 heteroatoms. The van der Waals surface area contributed by atoms with E-state index >= 15 is 0 Å². The second-order valence-corrected chi connectivity index (χ2v) is 5.77. The van der Waals surface area contributed by atoms with Gasteiger partial charge in [0.25, 0.3) is 5.91 Å². The molecule has 1 aliphatic heterocycles. The fourth-order valence-corrected chi connectivity index (χ4v) is 2.58. The second-order valence-electron chi connectivity index (χ2n) is 5.36. The number of amides is 1. The van der Waals surface area contributed by atoms with Crippen molar-refractivity contribution in [2.45, 2.75) is 6.92 Å². The number of aromatic carboxylic acids is 1. The maximum atomic E-state index is 13.0. The summed E-state index contributed by atoms with van der Waals surface area (Å²) in [6.07, 6.45) is 1.59. The normalized spacial score (nSPS) is 15.6. The van der Waals surface area contributed by atoms with Gasteiger partial charge in [-0.2, -0.15) is 10.1 Å². The first-order valence-corrected chi connectivity index (χ1v) is 7.63. The van der Waals surface area contributed by atoms with Crippen molar-refractivity contribution in [2.75, 3.05) is 5.01 Å². The molecule has 2 aromatic rings. The van der Waals surface area contributed by atoms with Crippen molar-refractivity contribution < 1.29 is 19.1 Å². The van der Waals surface area contributed by atoms with Gasteiger partial charge in [0.15, 0.2) is 0 Å². The van der Waals surface area contributed by atoms with Gasteiger partial charge in [0.2, 0.25) is 0 Å². The highest BCUT2D eigenvalue weighted by molar-refractivity contribution is 6.34. The molecule has 126 valence electrons. The third-order valence-electron chi connectivity index (χ3n) is 3.66. The molecule has 0 saturated carbocycles. The monoisotopic (exact) mass is 357 g/mol. The van der Waals surface area contributed by atoms with Crippen molar-refractivity contribution in [2.24, 2.45) is 5.10 Å². The zero-order valence-electron chi connectivity index (χ0n) is 13.0. The van der Waals surface area contributed by atoms with Gasteiger partial charge in [-0.1, -0.05) is 23.7 Å². The van der Waals surface area contributed by atoms with Crippen molar-refractivity contribution in [3.63, 3.8) is 0 Å². The van der Waals surface area contributed by atoms with Crippen LogP contribution in [0.3, 0.4) is 0 Å². The van der Waals surface area contributed by atoms with Crippen LogP contribution in [-0.4, -0.2) is 17.6 Å². The Morgan fingerprint density at radius 1 is 1.24 bits per heavy atom. The number of halogens is 2. The van der Waals surface area contributed by atoms with Crippen molar-refractivity contribution in [1.82, 2.24) is 0 Å². The minimum absolute atomic E-state index is 0.0122. The topological polar surface area (TPSA) is 72.8 Å². The SMILES string of the molecule is CC1=NN(c2ccc(Cl)c(C(=O)[O-])c2)C(=O)C1=Cc1ccc(F)cc1. The zero-order valence-corrected chi connectivity index (χ0v) is 13.7. The minimum Gasteiger partial charge on any atom is -0.545 e. The number of carboxylic acids is 1. The highest BCUT2D eigenvalue weighted by atomic mass is 35.5. The molecule has 0 aliphatic carbocycles. The van der Waals surface area contributed by atoms with E-state index in [0.29, 0.717) is 16.8 Å². The summed E-state index contributed by atoms with van der Waals surface area (Å²) >= 11 is 5.81. The van der Waals surface area contributed by atoms with Crippen LogP contribution in [0, 0.1) is 5.82 Å². The van der Waals surface area contributed by atoms with E-state index in [1.807, 2.05) is 0 Å². The van der Waals surface area contributed by atoms with Crippen LogP contribution < -0.4 is 10.1 Å². The fraction of sp³-hybridized carbons (Fsp3) is 0.0556. The highest BCUT2D eigenvalue weighted by Gasteiger charge is 2.29. The summed E-state index contributed by atoms with van der Waals surface area (Å²) in [6.45, 7) is 1.66. The van der Waals surface area contributed by atoms with E-state index < -0.39 is 11.9 Å². The summed E-state index contributed by atoms with van der Waals surface area (Å²) in [7, 11) is 0. The van der Waals surface area contributed by atoms with E-state index in [1.54, 1.807) is 25.1 Å². The molecular formula is C18H11ClFN2O3-. The van der Waals surface area contributed by atoms with Crippen LogP contribution in [-0.2, 0) is 4.79 Å². The lowest BCUT2D eigenvalue weighted by atomic mass is 10.1. The molecule has 0 atom stereocenters. The van der Waals surface area contributed by atoms with Gasteiger partial charge in [-0.05, 0) is 48.9 Å². The van der Waals surface area contributed by atoms with E-state index in [2.05, 4.69) is 5.10 Å². The number of hydrogen-bond donors (Lipinski definition) is 0. The van der Waals surface area contributed by atoms with Crippen molar-refractivity contribution in [1.29, 1.82) is 0 Å². The van der Waals surface area contributed by atoms with Crippen LogP contribution in [0.5, 0.6) is 0 Å². The van der Waals surface area contributed by atoms with Gasteiger partial charge in [-0.3, -0.25) is 4.79 Å². The summed E-state index contributed by atoms with van der Waals surface area (Å²) < 4.78 is 13.0. The molecule has 0 radical (unpaired) electrons. The maximum Gasteiger partial charge on any atom is 0.280 e. The van der Waals surface area contributed by atoms with Gasteiger partial charge in [-0.15, -0.1) is 0 Å². The number of nitrogens with zero attached hydrogens (tertiary/aromatic N) is 2. The third kappa shape index (κ3) is 3.29. The predicted octanol–water partition coefficient (Wildman–Crippen LogP) is 2.65. The van der Waals surface area contributed by atoms with Gasteiger partial charge < -0.3 is 9.90 Å².